The Morgan fingerprint density at radius 1 is 1.41 bits per heavy atom. The molecule has 92 valence electrons. The number of anilines is 1. The van der Waals surface area contributed by atoms with E-state index in [0.29, 0.717) is 6.04 Å². The summed E-state index contributed by atoms with van der Waals surface area (Å²) in [4.78, 5) is 15.7. The third kappa shape index (κ3) is 2.69. The molecule has 0 saturated carbocycles. The summed E-state index contributed by atoms with van der Waals surface area (Å²) in [6.45, 7) is 5.20. The molecule has 1 fully saturated rings. The van der Waals surface area contributed by atoms with E-state index in [2.05, 4.69) is 39.7 Å². The fourth-order valence-corrected chi connectivity index (χ4v) is 2.55. The van der Waals surface area contributed by atoms with Crippen molar-refractivity contribution in [1.82, 2.24) is 4.90 Å². The van der Waals surface area contributed by atoms with Crippen molar-refractivity contribution >= 4 is 27.9 Å². The highest BCUT2D eigenvalue weighted by Gasteiger charge is 2.22. The summed E-state index contributed by atoms with van der Waals surface area (Å²) in [7, 11) is 2.14. The van der Waals surface area contributed by atoms with Crippen LogP contribution in [-0.2, 0) is 0 Å². The van der Waals surface area contributed by atoms with E-state index in [0.717, 1.165) is 41.6 Å². The predicted molar refractivity (Wildman–Crippen MR) is 73.8 cm³/mol. The number of piperazine rings is 1. The fourth-order valence-electron chi connectivity index (χ4n) is 2.18. The fraction of sp³-hybridized carbons (Fsp3) is 0.462. The van der Waals surface area contributed by atoms with Gasteiger partial charge in [0.25, 0.3) is 0 Å². The SMILES string of the molecule is CC1CN(c2ccc(Br)cc2C=O)CCN1C. The lowest BCUT2D eigenvalue weighted by molar-refractivity contribution is 0.112. The summed E-state index contributed by atoms with van der Waals surface area (Å²) in [6.07, 6.45) is 0.934. The molecule has 2 rings (SSSR count). The molecule has 1 saturated heterocycles. The van der Waals surface area contributed by atoms with E-state index in [9.17, 15) is 4.79 Å². The van der Waals surface area contributed by atoms with Crippen LogP contribution in [0.4, 0.5) is 5.69 Å². The van der Waals surface area contributed by atoms with Crippen molar-refractivity contribution in [1.29, 1.82) is 0 Å². The lowest BCUT2D eigenvalue weighted by atomic mass is 10.1. The van der Waals surface area contributed by atoms with Gasteiger partial charge in [-0.3, -0.25) is 4.79 Å². The second kappa shape index (κ2) is 5.19. The summed E-state index contributed by atoms with van der Waals surface area (Å²) in [5.74, 6) is 0. The van der Waals surface area contributed by atoms with Gasteiger partial charge in [0.1, 0.15) is 0 Å². The Hall–Kier alpha value is -0.870. The zero-order valence-electron chi connectivity index (χ0n) is 10.2. The summed E-state index contributed by atoms with van der Waals surface area (Å²) in [5, 5.41) is 0. The molecule has 0 aliphatic carbocycles. The van der Waals surface area contributed by atoms with Crippen LogP contribution in [0.1, 0.15) is 17.3 Å². The minimum Gasteiger partial charge on any atom is -0.368 e. The van der Waals surface area contributed by atoms with Crippen molar-refractivity contribution in [3.63, 3.8) is 0 Å². The smallest absolute Gasteiger partial charge is 0.152 e. The van der Waals surface area contributed by atoms with Crippen LogP contribution in [0.15, 0.2) is 22.7 Å². The minimum absolute atomic E-state index is 0.520. The maximum absolute atomic E-state index is 11.1. The first-order valence-electron chi connectivity index (χ1n) is 5.81. The van der Waals surface area contributed by atoms with Crippen molar-refractivity contribution in [2.45, 2.75) is 13.0 Å². The highest BCUT2D eigenvalue weighted by molar-refractivity contribution is 9.10. The molecule has 1 aliphatic rings. The van der Waals surface area contributed by atoms with Crippen LogP contribution in [0.2, 0.25) is 0 Å². The molecule has 1 aromatic carbocycles. The number of nitrogens with zero attached hydrogens (tertiary/aromatic N) is 2. The second-order valence-electron chi connectivity index (χ2n) is 4.60. The Balaban J connectivity index is 2.25. The van der Waals surface area contributed by atoms with Crippen LogP contribution < -0.4 is 4.90 Å². The van der Waals surface area contributed by atoms with Crippen LogP contribution in [0.5, 0.6) is 0 Å². The Labute approximate surface area is 111 Å². The van der Waals surface area contributed by atoms with Gasteiger partial charge in [-0.25, -0.2) is 0 Å². The molecular weight excluding hydrogens is 280 g/mol. The van der Waals surface area contributed by atoms with E-state index in [-0.39, 0.29) is 0 Å². The summed E-state index contributed by atoms with van der Waals surface area (Å²) in [6, 6.07) is 6.41. The molecule has 0 N–H and O–H groups in total. The molecule has 1 aromatic rings. The number of hydrogen-bond acceptors (Lipinski definition) is 3. The van der Waals surface area contributed by atoms with E-state index in [1.165, 1.54) is 0 Å². The van der Waals surface area contributed by atoms with E-state index >= 15 is 0 Å². The number of hydrogen-bond donors (Lipinski definition) is 0. The molecule has 3 nitrogen and oxygen atoms in total. The monoisotopic (exact) mass is 296 g/mol. The number of rotatable bonds is 2. The zero-order valence-corrected chi connectivity index (χ0v) is 11.8. The Bertz CT molecular complexity index is 422. The highest BCUT2D eigenvalue weighted by Crippen LogP contribution is 2.25. The Morgan fingerprint density at radius 3 is 2.82 bits per heavy atom. The average molecular weight is 297 g/mol. The molecule has 0 spiro atoms. The number of aldehydes is 1. The second-order valence-corrected chi connectivity index (χ2v) is 5.51. The van der Waals surface area contributed by atoms with E-state index in [1.54, 1.807) is 0 Å². The predicted octanol–water partition coefficient (Wildman–Crippen LogP) is 2.40. The molecule has 0 amide bonds. The zero-order chi connectivity index (χ0) is 12.4. The van der Waals surface area contributed by atoms with Crippen molar-refractivity contribution in [2.75, 3.05) is 31.6 Å². The number of carbonyl (C=O) groups is 1. The quantitative estimate of drug-likeness (QED) is 0.783. The number of halogens is 1. The molecule has 1 heterocycles. The molecule has 4 heteroatoms. The Morgan fingerprint density at radius 2 is 2.18 bits per heavy atom. The van der Waals surface area contributed by atoms with Crippen LogP contribution >= 0.6 is 15.9 Å². The van der Waals surface area contributed by atoms with Crippen molar-refractivity contribution in [3.8, 4) is 0 Å². The number of carbonyl (C=O) groups excluding carboxylic acids is 1. The van der Waals surface area contributed by atoms with E-state index in [4.69, 9.17) is 0 Å². The van der Waals surface area contributed by atoms with Gasteiger partial charge in [-0.15, -0.1) is 0 Å². The first kappa shape index (κ1) is 12.6. The van der Waals surface area contributed by atoms with Gasteiger partial charge >= 0.3 is 0 Å². The molecule has 1 aliphatic heterocycles. The van der Waals surface area contributed by atoms with E-state index in [1.807, 2.05) is 18.2 Å². The maximum Gasteiger partial charge on any atom is 0.152 e. The van der Waals surface area contributed by atoms with Crippen molar-refractivity contribution < 1.29 is 4.79 Å². The first-order chi connectivity index (χ1) is 8.11. The van der Waals surface area contributed by atoms with Crippen LogP contribution in [0.3, 0.4) is 0 Å². The van der Waals surface area contributed by atoms with Gasteiger partial charge in [0.05, 0.1) is 0 Å². The largest absolute Gasteiger partial charge is 0.368 e. The number of benzene rings is 1. The van der Waals surface area contributed by atoms with Crippen LogP contribution in [0, 0.1) is 0 Å². The standard InChI is InChI=1S/C13H17BrN2O/c1-10-8-16(6-5-15(10)2)13-4-3-12(14)7-11(13)9-17/h3-4,7,9-10H,5-6,8H2,1-2H3. The van der Waals surface area contributed by atoms with Gasteiger partial charge in [-0.05, 0) is 32.2 Å². The number of likely N-dealkylation sites (N-methyl/N-ethyl adjacent to an activating group) is 1. The maximum atomic E-state index is 11.1. The first-order valence-corrected chi connectivity index (χ1v) is 6.61. The van der Waals surface area contributed by atoms with E-state index < -0.39 is 0 Å². The topological polar surface area (TPSA) is 23.6 Å². The third-order valence-corrected chi connectivity index (χ3v) is 3.91. The van der Waals surface area contributed by atoms with Gasteiger partial charge in [0.15, 0.2) is 6.29 Å². The van der Waals surface area contributed by atoms with Crippen molar-refractivity contribution in [2.24, 2.45) is 0 Å². The highest BCUT2D eigenvalue weighted by atomic mass is 79.9. The van der Waals surface area contributed by atoms with Crippen LogP contribution in [-0.4, -0.2) is 43.9 Å². The van der Waals surface area contributed by atoms with Crippen molar-refractivity contribution in [3.05, 3.63) is 28.2 Å². The summed E-state index contributed by atoms with van der Waals surface area (Å²) < 4.78 is 0.950. The average Bonchev–Trinajstić information content (AvgIpc) is 2.32. The molecular formula is C13H17BrN2O. The van der Waals surface area contributed by atoms with Gasteiger partial charge in [0.2, 0.25) is 0 Å². The third-order valence-electron chi connectivity index (χ3n) is 3.42. The summed E-state index contributed by atoms with van der Waals surface area (Å²) >= 11 is 3.40. The van der Waals surface area contributed by atoms with Gasteiger partial charge in [0, 0.05) is 41.4 Å². The van der Waals surface area contributed by atoms with Gasteiger partial charge in [-0.1, -0.05) is 15.9 Å². The molecule has 17 heavy (non-hydrogen) atoms. The van der Waals surface area contributed by atoms with Gasteiger partial charge in [-0.2, -0.15) is 0 Å². The Kier molecular flexibility index (Phi) is 3.84. The lowest BCUT2D eigenvalue weighted by Crippen LogP contribution is -2.50. The lowest BCUT2D eigenvalue weighted by Gasteiger charge is -2.39. The molecule has 0 radical (unpaired) electrons. The molecule has 0 aromatic heterocycles. The molecule has 1 atom stereocenters. The van der Waals surface area contributed by atoms with Gasteiger partial charge < -0.3 is 9.80 Å². The van der Waals surface area contributed by atoms with Crippen LogP contribution in [0.25, 0.3) is 0 Å². The molecule has 1 unspecified atom stereocenters. The minimum atomic E-state index is 0.520. The summed E-state index contributed by atoms with van der Waals surface area (Å²) in [5.41, 5.74) is 1.80. The molecule has 0 bridgehead atoms. The normalized spacial score (nSPS) is 21.6.